The summed E-state index contributed by atoms with van der Waals surface area (Å²) >= 11 is 0. The Bertz CT molecular complexity index is 796. The molecule has 0 aromatic heterocycles. The van der Waals surface area contributed by atoms with Crippen LogP contribution in [0.5, 0.6) is 0 Å². The molecule has 28 heavy (non-hydrogen) atoms. The molecule has 0 spiro atoms. The highest BCUT2D eigenvalue weighted by Gasteiger charge is 2.19. The first-order valence-electron chi connectivity index (χ1n) is 8.85. The number of anilines is 1. The summed E-state index contributed by atoms with van der Waals surface area (Å²) in [4.78, 5) is 37.0. The summed E-state index contributed by atoms with van der Waals surface area (Å²) in [6, 6.07) is 5.37. The van der Waals surface area contributed by atoms with Gasteiger partial charge in [0.15, 0.2) is 5.96 Å². The molecule has 0 saturated carbocycles. The molecule has 1 atom stereocenters. The van der Waals surface area contributed by atoms with Gasteiger partial charge in [0.05, 0.1) is 6.54 Å². The van der Waals surface area contributed by atoms with E-state index in [-0.39, 0.29) is 18.9 Å². The minimum atomic E-state index is -1.24. The van der Waals surface area contributed by atoms with Gasteiger partial charge in [0.25, 0.3) is 5.91 Å². The molecule has 0 aliphatic carbocycles. The standard InChI is InChI=1S/C19H23N5O4/c1-2-6-15(18(27)28)23-16(25)12-21-17(26)13-7-5-8-14(11-13)22-19(20)24-9-3-4-10-24/h1,5,7-8,11,15H,3-4,6,9-10,12H2,(H2,20,22)(H,21,26)(H,23,25)(H,27,28). The Morgan fingerprint density at radius 2 is 2.00 bits per heavy atom. The van der Waals surface area contributed by atoms with E-state index in [1.54, 1.807) is 24.3 Å². The van der Waals surface area contributed by atoms with Gasteiger partial charge in [-0.15, -0.1) is 12.3 Å². The fourth-order valence-corrected chi connectivity index (χ4v) is 2.72. The van der Waals surface area contributed by atoms with Crippen molar-refractivity contribution < 1.29 is 19.5 Å². The Morgan fingerprint density at radius 1 is 1.29 bits per heavy atom. The van der Waals surface area contributed by atoms with Crippen molar-refractivity contribution in [2.24, 2.45) is 0 Å². The highest BCUT2D eigenvalue weighted by Crippen LogP contribution is 2.13. The Hall–Kier alpha value is -3.54. The van der Waals surface area contributed by atoms with Gasteiger partial charge >= 0.3 is 5.97 Å². The second-order valence-corrected chi connectivity index (χ2v) is 6.30. The topological polar surface area (TPSA) is 135 Å². The molecule has 1 fully saturated rings. The first-order valence-corrected chi connectivity index (χ1v) is 8.85. The quantitative estimate of drug-likeness (QED) is 0.263. The smallest absolute Gasteiger partial charge is 0.327 e. The fourth-order valence-electron chi connectivity index (χ4n) is 2.72. The number of nitrogens with one attached hydrogen (secondary N) is 4. The number of carboxylic acid groups (broad SMARTS) is 1. The number of benzene rings is 1. The van der Waals surface area contributed by atoms with Crippen LogP contribution in [0.4, 0.5) is 5.69 Å². The van der Waals surface area contributed by atoms with Crippen LogP contribution in [0, 0.1) is 17.8 Å². The third-order valence-corrected chi connectivity index (χ3v) is 4.17. The Morgan fingerprint density at radius 3 is 2.64 bits per heavy atom. The average Bonchev–Trinajstić information content (AvgIpc) is 3.21. The second-order valence-electron chi connectivity index (χ2n) is 6.30. The van der Waals surface area contributed by atoms with Gasteiger partial charge in [0.1, 0.15) is 6.04 Å². The first-order chi connectivity index (χ1) is 13.4. The number of carbonyl (C=O) groups is 3. The molecule has 1 aliphatic heterocycles. The SMILES string of the molecule is C#CCC(NC(=O)CNC(=O)c1cccc(NC(=N)N2CCCC2)c1)C(=O)O. The number of nitrogens with zero attached hydrogens (tertiary/aromatic N) is 1. The minimum absolute atomic E-state index is 0.147. The molecule has 1 aromatic carbocycles. The number of likely N-dealkylation sites (tertiary alicyclic amines) is 1. The van der Waals surface area contributed by atoms with Gasteiger partial charge in [-0.05, 0) is 31.0 Å². The number of rotatable bonds is 7. The van der Waals surface area contributed by atoms with Crippen LogP contribution in [0.1, 0.15) is 29.6 Å². The van der Waals surface area contributed by atoms with Crippen molar-refractivity contribution in [3.05, 3.63) is 29.8 Å². The number of carbonyl (C=O) groups excluding carboxylic acids is 2. The maximum Gasteiger partial charge on any atom is 0.327 e. The third kappa shape index (κ3) is 6.02. The molecule has 0 bridgehead atoms. The number of aliphatic carboxylic acids is 1. The summed E-state index contributed by atoms with van der Waals surface area (Å²) in [7, 11) is 0. The maximum absolute atomic E-state index is 12.3. The summed E-state index contributed by atoms with van der Waals surface area (Å²) in [5.74, 6) is 0.0755. The molecule has 1 unspecified atom stereocenters. The van der Waals surface area contributed by atoms with Gasteiger partial charge in [0, 0.05) is 30.8 Å². The zero-order valence-electron chi connectivity index (χ0n) is 15.3. The molecule has 5 N–H and O–H groups in total. The highest BCUT2D eigenvalue weighted by atomic mass is 16.4. The molecule has 1 heterocycles. The zero-order chi connectivity index (χ0) is 20.5. The van der Waals surface area contributed by atoms with Gasteiger partial charge in [-0.2, -0.15) is 0 Å². The third-order valence-electron chi connectivity index (χ3n) is 4.17. The lowest BCUT2D eigenvalue weighted by molar-refractivity contribution is -0.141. The van der Waals surface area contributed by atoms with Gasteiger partial charge in [-0.1, -0.05) is 6.07 Å². The predicted octanol–water partition coefficient (Wildman–Crippen LogP) is 0.452. The number of hydrogen-bond donors (Lipinski definition) is 5. The Labute approximate surface area is 163 Å². The van der Waals surface area contributed by atoms with Crippen LogP contribution in [0.15, 0.2) is 24.3 Å². The summed E-state index contributed by atoms with van der Waals surface area (Å²) in [5.41, 5.74) is 0.902. The number of guanidine groups is 1. The lowest BCUT2D eigenvalue weighted by Crippen LogP contribution is -2.45. The van der Waals surface area contributed by atoms with Crippen LogP contribution in [0.2, 0.25) is 0 Å². The van der Waals surface area contributed by atoms with E-state index in [1.807, 2.05) is 4.90 Å². The monoisotopic (exact) mass is 385 g/mol. The van der Waals surface area contributed by atoms with E-state index in [0.29, 0.717) is 11.3 Å². The van der Waals surface area contributed by atoms with Gasteiger partial charge in [0.2, 0.25) is 5.91 Å². The first kappa shape index (κ1) is 20.8. The summed E-state index contributed by atoms with van der Waals surface area (Å²) in [5, 5.41) is 24.7. The van der Waals surface area contributed by atoms with Gasteiger partial charge in [-0.25, -0.2) is 4.79 Å². The lowest BCUT2D eigenvalue weighted by Gasteiger charge is -2.19. The molecule has 2 amide bonds. The molecule has 9 heteroatoms. The highest BCUT2D eigenvalue weighted by molar-refractivity contribution is 5.99. The van der Waals surface area contributed by atoms with E-state index in [9.17, 15) is 14.4 Å². The Kier molecular flexibility index (Phi) is 7.39. The normalized spacial score (nSPS) is 13.9. The number of terminal acetylenes is 1. The van der Waals surface area contributed by atoms with Gasteiger partial charge in [-0.3, -0.25) is 15.0 Å². The van der Waals surface area contributed by atoms with Crippen molar-refractivity contribution in [1.82, 2.24) is 15.5 Å². The molecule has 148 valence electrons. The molecular formula is C19H23N5O4. The maximum atomic E-state index is 12.3. The van der Waals surface area contributed by atoms with Crippen LogP contribution in [-0.2, 0) is 9.59 Å². The summed E-state index contributed by atoms with van der Waals surface area (Å²) < 4.78 is 0. The van der Waals surface area contributed by atoms with Crippen LogP contribution in [0.3, 0.4) is 0 Å². The summed E-state index contributed by atoms with van der Waals surface area (Å²) in [6.07, 6.45) is 7.03. The largest absolute Gasteiger partial charge is 0.480 e. The number of amides is 2. The lowest BCUT2D eigenvalue weighted by atomic mass is 10.2. The van der Waals surface area contributed by atoms with Crippen molar-refractivity contribution >= 4 is 29.4 Å². The zero-order valence-corrected chi connectivity index (χ0v) is 15.3. The van der Waals surface area contributed by atoms with Crippen LogP contribution in [0.25, 0.3) is 0 Å². The van der Waals surface area contributed by atoms with Crippen molar-refractivity contribution in [2.75, 3.05) is 25.0 Å². The fraction of sp³-hybridized carbons (Fsp3) is 0.368. The predicted molar refractivity (Wildman–Crippen MR) is 104 cm³/mol. The number of carboxylic acids is 1. The molecule has 1 saturated heterocycles. The van der Waals surface area contributed by atoms with Crippen LogP contribution < -0.4 is 16.0 Å². The second kappa shape index (κ2) is 9.97. The van der Waals surface area contributed by atoms with Gasteiger partial charge < -0.3 is 26.0 Å². The molecule has 0 radical (unpaired) electrons. The Balaban J connectivity index is 1.88. The average molecular weight is 385 g/mol. The van der Waals surface area contributed by atoms with Crippen molar-refractivity contribution in [3.63, 3.8) is 0 Å². The molecular weight excluding hydrogens is 362 g/mol. The summed E-state index contributed by atoms with van der Waals surface area (Å²) in [6.45, 7) is 1.28. The number of hydrogen-bond acceptors (Lipinski definition) is 4. The van der Waals surface area contributed by atoms with Crippen molar-refractivity contribution in [3.8, 4) is 12.3 Å². The van der Waals surface area contributed by atoms with E-state index in [0.717, 1.165) is 25.9 Å². The molecule has 9 nitrogen and oxygen atoms in total. The van der Waals surface area contributed by atoms with Crippen molar-refractivity contribution in [2.45, 2.75) is 25.3 Å². The van der Waals surface area contributed by atoms with E-state index >= 15 is 0 Å². The minimum Gasteiger partial charge on any atom is -0.480 e. The van der Waals surface area contributed by atoms with E-state index in [4.69, 9.17) is 16.9 Å². The molecule has 1 aliphatic rings. The van der Waals surface area contributed by atoms with E-state index in [2.05, 4.69) is 21.9 Å². The van der Waals surface area contributed by atoms with Crippen molar-refractivity contribution in [1.29, 1.82) is 5.41 Å². The van der Waals surface area contributed by atoms with Crippen LogP contribution in [-0.4, -0.2) is 59.4 Å². The molecule has 2 rings (SSSR count). The molecule has 1 aromatic rings. The van der Waals surface area contributed by atoms with E-state index in [1.165, 1.54) is 0 Å². The van der Waals surface area contributed by atoms with E-state index < -0.39 is 23.8 Å². The van der Waals surface area contributed by atoms with Crippen LogP contribution >= 0.6 is 0 Å².